The third-order valence-electron chi connectivity index (χ3n) is 2.70. The summed E-state index contributed by atoms with van der Waals surface area (Å²) in [6.07, 6.45) is 1.81. The highest BCUT2D eigenvalue weighted by molar-refractivity contribution is 6.30. The van der Waals surface area contributed by atoms with Gasteiger partial charge in [-0.2, -0.15) is 0 Å². The molecule has 17 heavy (non-hydrogen) atoms. The summed E-state index contributed by atoms with van der Waals surface area (Å²) in [5, 5.41) is 3.40. The van der Waals surface area contributed by atoms with Crippen molar-refractivity contribution in [2.75, 3.05) is 7.05 Å². The van der Waals surface area contributed by atoms with Gasteiger partial charge in [0, 0.05) is 5.54 Å². The van der Waals surface area contributed by atoms with Crippen LogP contribution in [0.25, 0.3) is 0 Å². The summed E-state index contributed by atoms with van der Waals surface area (Å²) in [6, 6.07) is 4.99. The zero-order chi connectivity index (χ0) is 13.5. The largest absolute Gasteiger partial charge is 0.315 e. The average molecular weight is 260 g/mol. The molecule has 0 heterocycles. The minimum Gasteiger partial charge on any atom is -0.315 e. The molecule has 98 valence electrons. The first-order chi connectivity index (χ1) is 7.94. The van der Waals surface area contributed by atoms with E-state index >= 15 is 0 Å². The van der Waals surface area contributed by atoms with Crippen LogP contribution in [0, 0.1) is 5.82 Å². The summed E-state index contributed by atoms with van der Waals surface area (Å²) in [5.74, 6) is -0.337. The lowest BCUT2D eigenvalue weighted by molar-refractivity contribution is 0.393. The van der Waals surface area contributed by atoms with E-state index in [4.69, 9.17) is 11.6 Å². The van der Waals surface area contributed by atoms with E-state index in [-0.39, 0.29) is 16.4 Å². The Morgan fingerprint density at radius 2 is 1.88 bits per heavy atom. The Kier molecular flexibility index (Phi) is 7.40. The number of benzene rings is 1. The molecule has 0 bridgehead atoms. The van der Waals surface area contributed by atoms with E-state index in [0.717, 1.165) is 18.4 Å². The molecule has 1 aromatic carbocycles. The number of halogens is 2. The van der Waals surface area contributed by atoms with E-state index in [2.05, 4.69) is 19.2 Å². The van der Waals surface area contributed by atoms with Crippen molar-refractivity contribution in [2.24, 2.45) is 0 Å². The smallest absolute Gasteiger partial charge is 0.142 e. The Balaban J connectivity index is 0.00000121. The SMILES string of the molecule is CC.CNC(C)(C)CCc1ccc(Cl)c(F)c1. The van der Waals surface area contributed by atoms with Gasteiger partial charge < -0.3 is 5.32 Å². The number of aryl methyl sites for hydroxylation is 1. The van der Waals surface area contributed by atoms with Gasteiger partial charge in [-0.3, -0.25) is 0 Å². The summed E-state index contributed by atoms with van der Waals surface area (Å²) < 4.78 is 13.1. The molecule has 0 saturated heterocycles. The third kappa shape index (κ3) is 6.04. The summed E-state index contributed by atoms with van der Waals surface area (Å²) in [5.41, 5.74) is 1.07. The molecule has 1 aromatic rings. The predicted molar refractivity (Wildman–Crippen MR) is 74.2 cm³/mol. The molecule has 0 aliphatic heterocycles. The van der Waals surface area contributed by atoms with Gasteiger partial charge in [0.2, 0.25) is 0 Å². The number of rotatable bonds is 4. The zero-order valence-electron chi connectivity index (χ0n) is 11.4. The third-order valence-corrected chi connectivity index (χ3v) is 3.01. The van der Waals surface area contributed by atoms with Gasteiger partial charge in [0.05, 0.1) is 5.02 Å². The standard InChI is InChI=1S/C12H17ClFN.C2H6/c1-12(2,15-3)7-6-9-4-5-10(13)11(14)8-9;1-2/h4-5,8,15H,6-7H2,1-3H3;1-2H3. The molecule has 1 rings (SSSR count). The first-order valence-electron chi connectivity index (χ1n) is 6.07. The molecule has 0 spiro atoms. The van der Waals surface area contributed by atoms with Gasteiger partial charge in [-0.15, -0.1) is 0 Å². The van der Waals surface area contributed by atoms with Crippen LogP contribution in [0.15, 0.2) is 18.2 Å². The van der Waals surface area contributed by atoms with Gasteiger partial charge in [-0.1, -0.05) is 31.5 Å². The normalized spacial score (nSPS) is 10.8. The Morgan fingerprint density at radius 3 is 2.35 bits per heavy atom. The lowest BCUT2D eigenvalue weighted by Crippen LogP contribution is -2.36. The fourth-order valence-electron chi connectivity index (χ4n) is 1.28. The van der Waals surface area contributed by atoms with Crippen molar-refractivity contribution in [3.8, 4) is 0 Å². The zero-order valence-corrected chi connectivity index (χ0v) is 12.2. The molecule has 1 N–H and O–H groups in total. The highest BCUT2D eigenvalue weighted by atomic mass is 35.5. The van der Waals surface area contributed by atoms with Crippen LogP contribution in [0.2, 0.25) is 5.02 Å². The highest BCUT2D eigenvalue weighted by Crippen LogP contribution is 2.18. The van der Waals surface area contributed by atoms with E-state index in [0.29, 0.717) is 0 Å². The molecule has 0 aliphatic rings. The Morgan fingerprint density at radius 1 is 1.29 bits per heavy atom. The molecule has 0 aromatic heterocycles. The maximum absolute atomic E-state index is 13.1. The number of nitrogens with one attached hydrogen (secondary N) is 1. The van der Waals surface area contributed by atoms with Gasteiger partial charge in [0.25, 0.3) is 0 Å². The van der Waals surface area contributed by atoms with Crippen LogP contribution in [-0.2, 0) is 6.42 Å². The van der Waals surface area contributed by atoms with Crippen molar-refractivity contribution >= 4 is 11.6 Å². The summed E-state index contributed by atoms with van der Waals surface area (Å²) in [6.45, 7) is 8.25. The van der Waals surface area contributed by atoms with E-state index in [1.807, 2.05) is 27.0 Å². The second-order valence-electron chi connectivity index (χ2n) is 4.38. The second-order valence-corrected chi connectivity index (χ2v) is 4.79. The van der Waals surface area contributed by atoms with E-state index in [9.17, 15) is 4.39 Å². The van der Waals surface area contributed by atoms with Crippen molar-refractivity contribution in [3.05, 3.63) is 34.6 Å². The molecule has 0 aliphatic carbocycles. The highest BCUT2D eigenvalue weighted by Gasteiger charge is 2.14. The predicted octanol–water partition coefficient (Wildman–Crippen LogP) is 4.44. The van der Waals surface area contributed by atoms with Crippen LogP contribution in [0.1, 0.15) is 39.7 Å². The van der Waals surface area contributed by atoms with Crippen molar-refractivity contribution in [1.29, 1.82) is 0 Å². The molecule has 0 fully saturated rings. The van der Waals surface area contributed by atoms with Gasteiger partial charge >= 0.3 is 0 Å². The molecule has 0 saturated carbocycles. The minimum absolute atomic E-state index is 0.0795. The van der Waals surface area contributed by atoms with Crippen LogP contribution in [0.4, 0.5) is 4.39 Å². The second kappa shape index (κ2) is 7.67. The molecular weight excluding hydrogens is 237 g/mol. The van der Waals surface area contributed by atoms with Crippen LogP contribution in [0.3, 0.4) is 0 Å². The number of hydrogen-bond acceptors (Lipinski definition) is 1. The quantitative estimate of drug-likeness (QED) is 0.843. The van der Waals surface area contributed by atoms with Crippen molar-refractivity contribution in [3.63, 3.8) is 0 Å². The van der Waals surface area contributed by atoms with Crippen LogP contribution < -0.4 is 5.32 Å². The maximum atomic E-state index is 13.1. The summed E-state index contributed by atoms with van der Waals surface area (Å²) >= 11 is 5.61. The molecule has 0 radical (unpaired) electrons. The van der Waals surface area contributed by atoms with Crippen molar-refractivity contribution in [1.82, 2.24) is 5.32 Å². The lowest BCUT2D eigenvalue weighted by atomic mass is 9.95. The maximum Gasteiger partial charge on any atom is 0.142 e. The fraction of sp³-hybridized carbons (Fsp3) is 0.571. The van der Waals surface area contributed by atoms with Crippen molar-refractivity contribution < 1.29 is 4.39 Å². The topological polar surface area (TPSA) is 12.0 Å². The fourth-order valence-corrected chi connectivity index (χ4v) is 1.39. The Bertz CT molecular complexity index is 337. The molecule has 0 unspecified atom stereocenters. The molecule has 0 amide bonds. The summed E-state index contributed by atoms with van der Waals surface area (Å²) in [7, 11) is 1.93. The van der Waals surface area contributed by atoms with E-state index in [1.165, 1.54) is 6.07 Å². The molecule has 0 atom stereocenters. The van der Waals surface area contributed by atoms with Crippen LogP contribution in [-0.4, -0.2) is 12.6 Å². The first kappa shape index (κ1) is 16.4. The van der Waals surface area contributed by atoms with E-state index in [1.54, 1.807) is 6.07 Å². The minimum atomic E-state index is -0.337. The average Bonchev–Trinajstić information content (AvgIpc) is 2.33. The van der Waals surface area contributed by atoms with Gasteiger partial charge in [0.15, 0.2) is 0 Å². The van der Waals surface area contributed by atoms with Crippen molar-refractivity contribution in [2.45, 2.75) is 46.1 Å². The van der Waals surface area contributed by atoms with Gasteiger partial charge in [-0.05, 0) is 51.4 Å². The van der Waals surface area contributed by atoms with Crippen LogP contribution in [0.5, 0.6) is 0 Å². The lowest BCUT2D eigenvalue weighted by Gasteiger charge is -2.23. The van der Waals surface area contributed by atoms with Crippen LogP contribution >= 0.6 is 11.6 Å². The van der Waals surface area contributed by atoms with E-state index < -0.39 is 0 Å². The van der Waals surface area contributed by atoms with Gasteiger partial charge in [-0.25, -0.2) is 4.39 Å². The Labute approximate surface area is 109 Å². The molecule has 1 nitrogen and oxygen atoms in total. The monoisotopic (exact) mass is 259 g/mol. The Hall–Kier alpha value is -0.600. The molecule has 3 heteroatoms. The number of hydrogen-bond donors (Lipinski definition) is 1. The first-order valence-corrected chi connectivity index (χ1v) is 6.45. The molecular formula is C14H23ClFN. The van der Waals surface area contributed by atoms with Gasteiger partial charge in [0.1, 0.15) is 5.82 Å². The summed E-state index contributed by atoms with van der Waals surface area (Å²) in [4.78, 5) is 0.